The summed E-state index contributed by atoms with van der Waals surface area (Å²) in [6.45, 7) is 1.87. The number of hydrogen-bond donors (Lipinski definition) is 1. The highest BCUT2D eigenvalue weighted by molar-refractivity contribution is 6.33. The van der Waals surface area contributed by atoms with Crippen molar-refractivity contribution < 1.29 is 9.72 Å². The van der Waals surface area contributed by atoms with Gasteiger partial charge in [-0.25, -0.2) is 9.97 Å². The minimum Gasteiger partial charge on any atom is -0.342 e. The van der Waals surface area contributed by atoms with E-state index in [4.69, 9.17) is 11.6 Å². The van der Waals surface area contributed by atoms with Crippen molar-refractivity contribution in [1.29, 1.82) is 0 Å². The first-order chi connectivity index (χ1) is 11.5. The lowest BCUT2D eigenvalue weighted by molar-refractivity contribution is -0.384. The maximum absolute atomic E-state index is 12.5. The first-order valence-electron chi connectivity index (χ1n) is 7.50. The van der Waals surface area contributed by atoms with Gasteiger partial charge in [0.1, 0.15) is 5.02 Å². The van der Waals surface area contributed by atoms with Crippen LogP contribution in [0.5, 0.6) is 0 Å². The molecule has 0 bridgehead atoms. The molecule has 1 N–H and O–H groups in total. The van der Waals surface area contributed by atoms with Gasteiger partial charge in [0.2, 0.25) is 0 Å². The van der Waals surface area contributed by atoms with E-state index in [0.717, 1.165) is 18.5 Å². The summed E-state index contributed by atoms with van der Waals surface area (Å²) in [5, 5.41) is 13.7. The van der Waals surface area contributed by atoms with Crippen LogP contribution in [0.2, 0.25) is 5.02 Å². The van der Waals surface area contributed by atoms with Gasteiger partial charge in [-0.05, 0) is 43.9 Å². The molecule has 2 aromatic rings. The van der Waals surface area contributed by atoms with Gasteiger partial charge in [-0.2, -0.15) is 0 Å². The maximum Gasteiger partial charge on any atom is 0.287 e. The zero-order valence-electron chi connectivity index (χ0n) is 12.9. The second kappa shape index (κ2) is 6.52. The highest BCUT2D eigenvalue weighted by atomic mass is 35.5. The molecule has 1 saturated carbocycles. The van der Waals surface area contributed by atoms with Crippen LogP contribution in [0.25, 0.3) is 0 Å². The number of amides is 1. The summed E-state index contributed by atoms with van der Waals surface area (Å²) in [6, 6.07) is 5.44. The van der Waals surface area contributed by atoms with Gasteiger partial charge < -0.3 is 5.32 Å². The Morgan fingerprint density at radius 2 is 2.17 bits per heavy atom. The Labute approximate surface area is 143 Å². The number of benzene rings is 1. The molecule has 1 atom stereocenters. The summed E-state index contributed by atoms with van der Waals surface area (Å²) in [7, 11) is 0. The fraction of sp³-hybridized carbons (Fsp3) is 0.312. The molecule has 1 aliphatic carbocycles. The van der Waals surface area contributed by atoms with Gasteiger partial charge in [-0.1, -0.05) is 11.6 Å². The van der Waals surface area contributed by atoms with Gasteiger partial charge in [0, 0.05) is 23.5 Å². The molecule has 124 valence electrons. The van der Waals surface area contributed by atoms with Crippen molar-refractivity contribution in [2.45, 2.75) is 25.8 Å². The van der Waals surface area contributed by atoms with Crippen LogP contribution >= 0.6 is 11.6 Å². The van der Waals surface area contributed by atoms with Crippen LogP contribution in [0.4, 0.5) is 5.69 Å². The Kier molecular flexibility index (Phi) is 4.44. The van der Waals surface area contributed by atoms with E-state index in [1.165, 1.54) is 18.2 Å². The van der Waals surface area contributed by atoms with Crippen molar-refractivity contribution in [2.75, 3.05) is 0 Å². The van der Waals surface area contributed by atoms with Crippen LogP contribution in [0.15, 0.2) is 30.5 Å². The molecule has 7 nitrogen and oxygen atoms in total. The van der Waals surface area contributed by atoms with Crippen LogP contribution in [-0.4, -0.2) is 20.8 Å². The molecule has 1 aromatic heterocycles. The number of rotatable bonds is 5. The van der Waals surface area contributed by atoms with Crippen LogP contribution in [0, 0.1) is 23.0 Å². The number of hydrogen-bond acceptors (Lipinski definition) is 5. The number of nitrogens with one attached hydrogen (secondary N) is 1. The standard InChI is InChI=1S/C16H15ClN4O3/c1-9-6-7-18-15(19-9)14(10-2-3-10)20-16(22)11-4-5-13(21(23)24)12(17)8-11/h4-8,10,14H,2-3H2,1H3,(H,20,22)/t14-/m0/s1. The molecule has 0 saturated heterocycles. The lowest BCUT2D eigenvalue weighted by Crippen LogP contribution is -2.31. The van der Waals surface area contributed by atoms with Gasteiger partial charge in [-0.15, -0.1) is 0 Å². The summed E-state index contributed by atoms with van der Waals surface area (Å²) < 4.78 is 0. The molecule has 3 rings (SSSR count). The van der Waals surface area contributed by atoms with Crippen LogP contribution < -0.4 is 5.32 Å². The summed E-state index contributed by atoms with van der Waals surface area (Å²) in [4.78, 5) is 31.4. The van der Waals surface area contributed by atoms with Crippen LogP contribution in [0.3, 0.4) is 0 Å². The number of halogens is 1. The van der Waals surface area contributed by atoms with E-state index >= 15 is 0 Å². The molecule has 0 spiro atoms. The predicted octanol–water partition coefficient (Wildman–Crippen LogP) is 3.23. The fourth-order valence-electron chi connectivity index (χ4n) is 2.46. The molecule has 0 radical (unpaired) electrons. The Morgan fingerprint density at radius 1 is 1.42 bits per heavy atom. The van der Waals surface area contributed by atoms with Crippen LogP contribution in [0.1, 0.15) is 40.8 Å². The Balaban J connectivity index is 1.82. The predicted molar refractivity (Wildman–Crippen MR) is 87.8 cm³/mol. The van der Waals surface area contributed by atoms with E-state index in [0.29, 0.717) is 11.7 Å². The van der Waals surface area contributed by atoms with Gasteiger partial charge >= 0.3 is 0 Å². The number of carbonyl (C=O) groups is 1. The Morgan fingerprint density at radius 3 is 2.75 bits per heavy atom. The molecule has 24 heavy (non-hydrogen) atoms. The van der Waals surface area contributed by atoms with Crippen molar-refractivity contribution in [1.82, 2.24) is 15.3 Å². The van der Waals surface area contributed by atoms with Crippen molar-refractivity contribution in [2.24, 2.45) is 5.92 Å². The Hall–Kier alpha value is -2.54. The number of nitro benzene ring substituents is 1. The zero-order valence-corrected chi connectivity index (χ0v) is 13.7. The highest BCUT2D eigenvalue weighted by Crippen LogP contribution is 2.40. The molecule has 1 heterocycles. The highest BCUT2D eigenvalue weighted by Gasteiger charge is 2.35. The SMILES string of the molecule is Cc1ccnc([C@@H](NC(=O)c2ccc([N+](=O)[O-])c(Cl)c2)C2CC2)n1. The number of aromatic nitrogens is 2. The lowest BCUT2D eigenvalue weighted by atomic mass is 10.1. The third-order valence-corrected chi connectivity index (χ3v) is 4.18. The molecular formula is C16H15ClN4O3. The summed E-state index contributed by atoms with van der Waals surface area (Å²) >= 11 is 5.87. The van der Waals surface area contributed by atoms with Crippen molar-refractivity contribution >= 4 is 23.2 Å². The van der Waals surface area contributed by atoms with Crippen molar-refractivity contribution in [3.63, 3.8) is 0 Å². The first kappa shape index (κ1) is 16.3. The van der Waals surface area contributed by atoms with E-state index < -0.39 is 4.92 Å². The van der Waals surface area contributed by atoms with Crippen molar-refractivity contribution in [3.8, 4) is 0 Å². The van der Waals surface area contributed by atoms with Gasteiger partial charge in [-0.3, -0.25) is 14.9 Å². The minimum atomic E-state index is -0.586. The Bertz CT molecular complexity index is 808. The third kappa shape index (κ3) is 3.51. The van der Waals surface area contributed by atoms with E-state index in [1.54, 1.807) is 12.3 Å². The van der Waals surface area contributed by atoms with E-state index in [1.807, 2.05) is 6.92 Å². The molecule has 1 aliphatic rings. The topological polar surface area (TPSA) is 98.0 Å². The van der Waals surface area contributed by atoms with Gasteiger partial charge in [0.05, 0.1) is 11.0 Å². The van der Waals surface area contributed by atoms with Crippen LogP contribution in [-0.2, 0) is 0 Å². The van der Waals surface area contributed by atoms with E-state index in [2.05, 4.69) is 15.3 Å². The van der Waals surface area contributed by atoms with Crippen molar-refractivity contribution in [3.05, 3.63) is 62.7 Å². The average molecular weight is 347 g/mol. The molecule has 1 fully saturated rings. The summed E-state index contributed by atoms with van der Waals surface area (Å²) in [5.41, 5.74) is 0.871. The maximum atomic E-state index is 12.5. The molecule has 1 amide bonds. The van der Waals surface area contributed by atoms with E-state index in [-0.39, 0.29) is 28.2 Å². The third-order valence-electron chi connectivity index (χ3n) is 3.88. The molecule has 0 aliphatic heterocycles. The molecule has 0 unspecified atom stereocenters. The second-order valence-electron chi connectivity index (χ2n) is 5.77. The van der Waals surface area contributed by atoms with Gasteiger partial charge in [0.25, 0.3) is 11.6 Å². The lowest BCUT2D eigenvalue weighted by Gasteiger charge is -2.17. The summed E-state index contributed by atoms with van der Waals surface area (Å²) in [5.74, 6) is 0.539. The van der Waals surface area contributed by atoms with E-state index in [9.17, 15) is 14.9 Å². The monoisotopic (exact) mass is 346 g/mol. The smallest absolute Gasteiger partial charge is 0.287 e. The number of nitro groups is 1. The molecular weight excluding hydrogens is 332 g/mol. The zero-order chi connectivity index (χ0) is 17.3. The summed E-state index contributed by atoms with van der Waals surface area (Å²) in [6.07, 6.45) is 3.68. The average Bonchev–Trinajstić information content (AvgIpc) is 3.36. The normalized spacial score (nSPS) is 14.9. The first-order valence-corrected chi connectivity index (χ1v) is 7.88. The minimum absolute atomic E-state index is 0.0672. The second-order valence-corrected chi connectivity index (χ2v) is 6.18. The quantitative estimate of drug-likeness (QED) is 0.662. The largest absolute Gasteiger partial charge is 0.342 e. The number of aryl methyl sites for hydroxylation is 1. The number of nitrogens with zero attached hydrogens (tertiary/aromatic N) is 3. The molecule has 1 aromatic carbocycles. The molecule has 8 heteroatoms. The van der Waals surface area contributed by atoms with Gasteiger partial charge in [0.15, 0.2) is 5.82 Å². The number of carbonyl (C=O) groups excluding carboxylic acids is 1. The fourth-order valence-corrected chi connectivity index (χ4v) is 2.71.